The molecule has 1 aliphatic heterocycles. The van der Waals surface area contributed by atoms with Gasteiger partial charge in [-0.05, 0) is 24.6 Å². The zero-order valence-corrected chi connectivity index (χ0v) is 10.4. The fourth-order valence-electron chi connectivity index (χ4n) is 2.45. The second-order valence-corrected chi connectivity index (χ2v) is 4.71. The maximum atomic E-state index is 13.3. The largest absolute Gasteiger partial charge is 0.478 e. The van der Waals surface area contributed by atoms with E-state index in [0.29, 0.717) is 17.7 Å². The Morgan fingerprint density at radius 1 is 1.25 bits per heavy atom. The molecule has 20 heavy (non-hydrogen) atoms. The predicted octanol–water partition coefficient (Wildman–Crippen LogP) is 3.21. The van der Waals surface area contributed by atoms with Crippen LogP contribution in [-0.2, 0) is 4.79 Å². The molecule has 102 valence electrons. The van der Waals surface area contributed by atoms with Crippen LogP contribution in [-0.4, -0.2) is 11.1 Å². The second kappa shape index (κ2) is 4.59. The molecule has 1 heterocycles. The summed E-state index contributed by atoms with van der Waals surface area (Å²) in [5.41, 5.74) is 1.72. The maximum absolute atomic E-state index is 13.3. The first-order valence-electron chi connectivity index (χ1n) is 6.13. The van der Waals surface area contributed by atoms with E-state index in [0.717, 1.165) is 17.8 Å². The summed E-state index contributed by atoms with van der Waals surface area (Å²) >= 11 is 0. The highest BCUT2D eigenvalue weighted by atomic mass is 19.2. The van der Waals surface area contributed by atoms with Gasteiger partial charge in [0.2, 0.25) is 0 Å². The molecule has 1 aromatic carbocycles. The lowest BCUT2D eigenvalue weighted by atomic mass is 9.92. The zero-order valence-electron chi connectivity index (χ0n) is 10.4. The number of halogens is 2. The number of fused-ring (bicyclic) bond motifs is 1. The molecule has 2 aliphatic rings. The van der Waals surface area contributed by atoms with Gasteiger partial charge in [0.1, 0.15) is 0 Å². The van der Waals surface area contributed by atoms with Crippen molar-refractivity contribution in [1.29, 1.82) is 0 Å². The minimum atomic E-state index is -0.931. The predicted molar refractivity (Wildman–Crippen MR) is 69.9 cm³/mol. The monoisotopic (exact) mass is 275 g/mol. The molecule has 5 heteroatoms. The number of hydrogen-bond donors (Lipinski definition) is 1. The maximum Gasteiger partial charge on any atom is 0.331 e. The summed E-state index contributed by atoms with van der Waals surface area (Å²) in [6.45, 7) is 0. The third-order valence-electron chi connectivity index (χ3n) is 3.48. The first-order chi connectivity index (χ1) is 9.56. The van der Waals surface area contributed by atoms with Gasteiger partial charge in [0, 0.05) is 35.1 Å². The Kier molecular flexibility index (Phi) is 2.89. The Hall–Kier alpha value is -2.43. The number of anilines is 1. The summed E-state index contributed by atoms with van der Waals surface area (Å²) in [7, 11) is 0. The molecule has 0 amide bonds. The lowest BCUT2D eigenvalue weighted by molar-refractivity contribution is -0.132. The van der Waals surface area contributed by atoms with Gasteiger partial charge in [0.25, 0.3) is 0 Å². The normalized spacial score (nSPS) is 20.5. The summed E-state index contributed by atoms with van der Waals surface area (Å²) in [5, 5.41) is 8.98. The molecule has 1 unspecified atom stereocenters. The van der Waals surface area contributed by atoms with E-state index in [1.807, 2.05) is 6.08 Å². The molecule has 1 aromatic rings. The van der Waals surface area contributed by atoms with Crippen molar-refractivity contribution in [2.75, 3.05) is 4.90 Å². The highest BCUT2D eigenvalue weighted by Crippen LogP contribution is 2.37. The fourth-order valence-corrected chi connectivity index (χ4v) is 2.45. The number of allylic oxidation sites excluding steroid dienone is 3. The number of nitrogens with zero attached hydrogens (tertiary/aromatic N) is 1. The van der Waals surface area contributed by atoms with Crippen LogP contribution in [0.5, 0.6) is 0 Å². The summed E-state index contributed by atoms with van der Waals surface area (Å²) in [4.78, 5) is 12.7. The van der Waals surface area contributed by atoms with E-state index in [-0.39, 0.29) is 5.92 Å². The van der Waals surface area contributed by atoms with Crippen molar-refractivity contribution in [3.63, 3.8) is 0 Å². The number of hydrogen-bond acceptors (Lipinski definition) is 2. The Labute approximate surface area is 114 Å². The third kappa shape index (κ3) is 2.01. The van der Waals surface area contributed by atoms with Crippen LogP contribution in [0, 0.1) is 17.6 Å². The van der Waals surface area contributed by atoms with E-state index in [1.54, 1.807) is 23.3 Å². The van der Waals surface area contributed by atoms with Gasteiger partial charge in [-0.1, -0.05) is 12.2 Å². The molecule has 3 rings (SSSR count). The topological polar surface area (TPSA) is 40.5 Å². The van der Waals surface area contributed by atoms with E-state index in [2.05, 4.69) is 0 Å². The molecule has 3 nitrogen and oxygen atoms in total. The van der Waals surface area contributed by atoms with Crippen molar-refractivity contribution in [3.8, 4) is 0 Å². The smallest absolute Gasteiger partial charge is 0.331 e. The molecule has 1 N–H and O–H groups in total. The molecule has 1 aliphatic carbocycles. The van der Waals surface area contributed by atoms with Gasteiger partial charge in [-0.15, -0.1) is 0 Å². The van der Waals surface area contributed by atoms with E-state index in [9.17, 15) is 13.6 Å². The van der Waals surface area contributed by atoms with Crippen molar-refractivity contribution in [2.45, 2.75) is 6.42 Å². The molecular formula is C15H11F2NO2. The van der Waals surface area contributed by atoms with Crippen LogP contribution in [0.15, 0.2) is 53.9 Å². The van der Waals surface area contributed by atoms with Gasteiger partial charge in [0.15, 0.2) is 11.6 Å². The highest BCUT2D eigenvalue weighted by molar-refractivity contribution is 5.87. The van der Waals surface area contributed by atoms with Crippen molar-refractivity contribution in [1.82, 2.24) is 0 Å². The number of aliphatic carboxylic acids is 1. The first kappa shape index (κ1) is 12.6. The van der Waals surface area contributed by atoms with E-state index in [1.165, 1.54) is 6.07 Å². The van der Waals surface area contributed by atoms with Crippen LogP contribution in [0.3, 0.4) is 0 Å². The zero-order chi connectivity index (χ0) is 14.3. The number of carbonyl (C=O) groups is 1. The molecule has 0 aromatic heterocycles. The summed E-state index contributed by atoms with van der Waals surface area (Å²) in [6.07, 6.45) is 7.27. The average molecular weight is 275 g/mol. The van der Waals surface area contributed by atoms with Crippen molar-refractivity contribution >= 4 is 11.7 Å². The molecule has 0 spiro atoms. The second-order valence-electron chi connectivity index (χ2n) is 4.71. The van der Waals surface area contributed by atoms with Gasteiger partial charge < -0.3 is 10.0 Å². The number of carboxylic acid groups (broad SMARTS) is 1. The highest BCUT2D eigenvalue weighted by Gasteiger charge is 2.28. The van der Waals surface area contributed by atoms with Crippen molar-refractivity contribution in [2.24, 2.45) is 5.92 Å². The molecule has 0 radical (unpaired) electrons. The van der Waals surface area contributed by atoms with Crippen molar-refractivity contribution < 1.29 is 18.7 Å². The average Bonchev–Trinajstić information content (AvgIpc) is 2.84. The molecule has 0 bridgehead atoms. The molecule has 0 saturated heterocycles. The van der Waals surface area contributed by atoms with E-state index >= 15 is 0 Å². The Bertz CT molecular complexity index is 676. The number of carboxylic acids is 1. The standard InChI is InChI=1S/C15H11F2NO2/c16-12-3-2-11(8-13(12)17)18-6-5-9-7-10(15(19)20)1-4-14(9)18/h1-6,8-9H,7H2,(H,19,20). The summed E-state index contributed by atoms with van der Waals surface area (Å²) in [5.74, 6) is -2.77. The molecule has 0 saturated carbocycles. The molecule has 1 atom stereocenters. The third-order valence-corrected chi connectivity index (χ3v) is 3.48. The van der Waals surface area contributed by atoms with Crippen LogP contribution in [0.25, 0.3) is 0 Å². The minimum Gasteiger partial charge on any atom is -0.478 e. The van der Waals surface area contributed by atoms with Crippen LogP contribution in [0.4, 0.5) is 14.5 Å². The Balaban J connectivity index is 1.95. The van der Waals surface area contributed by atoms with Gasteiger partial charge in [-0.3, -0.25) is 0 Å². The Morgan fingerprint density at radius 2 is 2.05 bits per heavy atom. The SMILES string of the molecule is O=C(O)C1=CC=C2C(C=CN2c2ccc(F)c(F)c2)C1. The van der Waals surface area contributed by atoms with Gasteiger partial charge >= 0.3 is 5.97 Å². The first-order valence-corrected chi connectivity index (χ1v) is 6.13. The fraction of sp³-hybridized carbons (Fsp3) is 0.133. The number of benzene rings is 1. The lowest BCUT2D eigenvalue weighted by Gasteiger charge is -2.24. The lowest BCUT2D eigenvalue weighted by Crippen LogP contribution is -2.19. The Morgan fingerprint density at radius 3 is 2.75 bits per heavy atom. The number of rotatable bonds is 2. The minimum absolute atomic E-state index is 0.0424. The molecule has 0 fully saturated rings. The molecular weight excluding hydrogens is 264 g/mol. The van der Waals surface area contributed by atoms with E-state index < -0.39 is 17.6 Å². The summed E-state index contributed by atoms with van der Waals surface area (Å²) in [6, 6.07) is 3.69. The van der Waals surface area contributed by atoms with Gasteiger partial charge in [-0.25, -0.2) is 13.6 Å². The van der Waals surface area contributed by atoms with Crippen LogP contribution >= 0.6 is 0 Å². The van der Waals surface area contributed by atoms with Crippen LogP contribution in [0.2, 0.25) is 0 Å². The van der Waals surface area contributed by atoms with Crippen LogP contribution in [0.1, 0.15) is 6.42 Å². The van der Waals surface area contributed by atoms with Gasteiger partial charge in [-0.2, -0.15) is 0 Å². The summed E-state index contributed by atoms with van der Waals surface area (Å²) < 4.78 is 26.2. The quantitative estimate of drug-likeness (QED) is 0.901. The van der Waals surface area contributed by atoms with Gasteiger partial charge in [0.05, 0.1) is 0 Å². The van der Waals surface area contributed by atoms with E-state index in [4.69, 9.17) is 5.11 Å². The van der Waals surface area contributed by atoms with Crippen molar-refractivity contribution in [3.05, 3.63) is 65.5 Å². The van der Waals surface area contributed by atoms with Crippen LogP contribution < -0.4 is 4.90 Å².